The molecule has 0 spiro atoms. The average molecular weight is 394 g/mol. The van der Waals surface area contributed by atoms with E-state index >= 15 is 0 Å². The molecule has 1 fully saturated rings. The molecule has 1 aromatic carbocycles. The maximum absolute atomic E-state index is 12.9. The van der Waals surface area contributed by atoms with E-state index in [9.17, 15) is 18.8 Å². The molecule has 7 nitrogen and oxygen atoms in total. The van der Waals surface area contributed by atoms with Crippen molar-refractivity contribution in [1.82, 2.24) is 10.2 Å². The predicted molar refractivity (Wildman–Crippen MR) is 99.9 cm³/mol. The summed E-state index contributed by atoms with van der Waals surface area (Å²) in [6.45, 7) is 5.73. The molecule has 2 rings (SSSR count). The summed E-state index contributed by atoms with van der Waals surface area (Å²) in [5, 5.41) is 2.79. The summed E-state index contributed by atoms with van der Waals surface area (Å²) in [4.78, 5) is 38.4. The number of likely N-dealkylation sites (tertiary alicyclic amines) is 1. The van der Waals surface area contributed by atoms with Crippen molar-refractivity contribution in [2.75, 3.05) is 26.7 Å². The van der Waals surface area contributed by atoms with Gasteiger partial charge >= 0.3 is 12.1 Å². The third-order valence-electron chi connectivity index (χ3n) is 4.44. The van der Waals surface area contributed by atoms with Crippen molar-refractivity contribution in [1.29, 1.82) is 0 Å². The van der Waals surface area contributed by atoms with Gasteiger partial charge in [-0.15, -0.1) is 0 Å². The Bertz CT molecular complexity index is 714. The Hall–Kier alpha value is -2.64. The number of nitrogens with one attached hydrogen (secondary N) is 1. The first kappa shape index (κ1) is 21.7. The summed E-state index contributed by atoms with van der Waals surface area (Å²) in [6.07, 6.45) is -0.0414. The van der Waals surface area contributed by atoms with Crippen LogP contribution < -0.4 is 5.32 Å². The van der Waals surface area contributed by atoms with Crippen LogP contribution in [-0.4, -0.2) is 55.2 Å². The van der Waals surface area contributed by atoms with Crippen LogP contribution in [0.1, 0.15) is 26.3 Å². The highest BCUT2D eigenvalue weighted by Crippen LogP contribution is 2.26. The highest BCUT2D eigenvalue weighted by molar-refractivity contribution is 5.87. The van der Waals surface area contributed by atoms with Crippen LogP contribution in [0.3, 0.4) is 0 Å². The van der Waals surface area contributed by atoms with Gasteiger partial charge in [-0.3, -0.25) is 9.59 Å². The number of methoxy groups -OCH3 is 1. The van der Waals surface area contributed by atoms with Gasteiger partial charge in [0.25, 0.3) is 0 Å². The Balaban J connectivity index is 1.97. The van der Waals surface area contributed by atoms with Crippen molar-refractivity contribution >= 4 is 18.0 Å². The number of hydrogen-bond donors (Lipinski definition) is 1. The van der Waals surface area contributed by atoms with E-state index in [1.54, 1.807) is 32.9 Å². The number of nitrogens with zero attached hydrogens (tertiary/aromatic N) is 1. The van der Waals surface area contributed by atoms with Gasteiger partial charge in [0.1, 0.15) is 11.4 Å². The highest BCUT2D eigenvalue weighted by atomic mass is 19.1. The van der Waals surface area contributed by atoms with Gasteiger partial charge in [-0.1, -0.05) is 12.1 Å². The minimum atomic E-state index is -0.747. The van der Waals surface area contributed by atoms with Gasteiger partial charge in [-0.2, -0.15) is 0 Å². The van der Waals surface area contributed by atoms with Gasteiger partial charge in [0.15, 0.2) is 0 Å². The summed E-state index contributed by atoms with van der Waals surface area (Å²) >= 11 is 0. The molecule has 1 saturated heterocycles. The lowest BCUT2D eigenvalue weighted by Gasteiger charge is -2.24. The second kappa shape index (κ2) is 9.03. The Morgan fingerprint density at radius 2 is 1.75 bits per heavy atom. The third-order valence-corrected chi connectivity index (χ3v) is 4.44. The fraction of sp³-hybridized carbons (Fsp3) is 0.550. The van der Waals surface area contributed by atoms with Crippen molar-refractivity contribution in [3.05, 3.63) is 35.6 Å². The lowest BCUT2D eigenvalue weighted by Crippen LogP contribution is -2.39. The zero-order chi connectivity index (χ0) is 20.9. The number of carbonyl (C=O) groups excluding carboxylic acids is 3. The summed E-state index contributed by atoms with van der Waals surface area (Å²) in [5.41, 5.74) is 0.209. The van der Waals surface area contributed by atoms with Crippen LogP contribution in [0, 0.1) is 17.7 Å². The van der Waals surface area contributed by atoms with Crippen molar-refractivity contribution in [2.45, 2.75) is 32.8 Å². The van der Waals surface area contributed by atoms with Crippen LogP contribution in [0.2, 0.25) is 0 Å². The molecule has 0 radical (unpaired) electrons. The number of rotatable bonds is 5. The number of benzene rings is 1. The average Bonchev–Trinajstić information content (AvgIpc) is 3.07. The standard InChI is InChI=1S/C20H27FN2O5/c1-20(2,3)28-19(26)23-11-15(16(12-23)18(25)27-4)17(24)22-10-9-13-5-7-14(21)8-6-13/h5-8,15-16H,9-12H2,1-4H3,(H,22,24)/t15-,16-/m1/s1. The van der Waals surface area contributed by atoms with E-state index in [2.05, 4.69) is 5.32 Å². The van der Waals surface area contributed by atoms with Crippen LogP contribution in [0.25, 0.3) is 0 Å². The predicted octanol–water partition coefficient (Wildman–Crippen LogP) is 2.14. The van der Waals surface area contributed by atoms with Gasteiger partial charge in [0.2, 0.25) is 5.91 Å². The molecule has 28 heavy (non-hydrogen) atoms. The maximum Gasteiger partial charge on any atom is 0.410 e. The fourth-order valence-corrected chi connectivity index (χ4v) is 3.05. The first-order chi connectivity index (χ1) is 13.1. The first-order valence-electron chi connectivity index (χ1n) is 9.18. The Labute approximate surface area is 164 Å². The monoisotopic (exact) mass is 394 g/mol. The number of carbonyl (C=O) groups is 3. The summed E-state index contributed by atoms with van der Waals surface area (Å²) in [7, 11) is 1.25. The quantitative estimate of drug-likeness (QED) is 0.774. The minimum Gasteiger partial charge on any atom is -0.469 e. The van der Waals surface area contributed by atoms with Gasteiger partial charge < -0.3 is 19.7 Å². The zero-order valence-corrected chi connectivity index (χ0v) is 16.7. The summed E-state index contributed by atoms with van der Waals surface area (Å²) in [6, 6.07) is 6.03. The van der Waals surface area contributed by atoms with E-state index in [0.717, 1.165) is 5.56 Å². The summed E-state index contributed by atoms with van der Waals surface area (Å²) < 4.78 is 23.1. The molecule has 8 heteroatoms. The van der Waals surface area contributed by atoms with Crippen LogP contribution in [0.15, 0.2) is 24.3 Å². The molecule has 2 atom stereocenters. The minimum absolute atomic E-state index is 0.0671. The Morgan fingerprint density at radius 1 is 1.14 bits per heavy atom. The smallest absolute Gasteiger partial charge is 0.410 e. The molecule has 0 aliphatic carbocycles. The number of amides is 2. The molecule has 1 aliphatic rings. The molecule has 1 heterocycles. The molecule has 0 bridgehead atoms. The van der Waals surface area contributed by atoms with Crippen LogP contribution >= 0.6 is 0 Å². The molecule has 0 aromatic heterocycles. The van der Waals surface area contributed by atoms with Gasteiger partial charge in [0, 0.05) is 19.6 Å². The van der Waals surface area contributed by atoms with Crippen molar-refractivity contribution in [3.8, 4) is 0 Å². The molecular formula is C20H27FN2O5. The molecule has 154 valence electrons. The largest absolute Gasteiger partial charge is 0.469 e. The fourth-order valence-electron chi connectivity index (χ4n) is 3.05. The van der Waals surface area contributed by atoms with E-state index < -0.39 is 29.5 Å². The lowest BCUT2D eigenvalue weighted by atomic mass is 9.95. The molecule has 0 unspecified atom stereocenters. The van der Waals surface area contributed by atoms with Crippen LogP contribution in [0.5, 0.6) is 0 Å². The lowest BCUT2D eigenvalue weighted by molar-refractivity contribution is -0.148. The maximum atomic E-state index is 12.9. The number of ether oxygens (including phenoxy) is 2. The Morgan fingerprint density at radius 3 is 2.32 bits per heavy atom. The van der Waals surface area contributed by atoms with E-state index in [4.69, 9.17) is 9.47 Å². The van der Waals surface area contributed by atoms with Gasteiger partial charge in [-0.05, 0) is 44.9 Å². The Kier molecular flexibility index (Phi) is 6.99. The molecule has 1 N–H and O–H groups in total. The third kappa shape index (κ3) is 5.94. The van der Waals surface area contributed by atoms with E-state index in [1.807, 2.05) is 0 Å². The molecule has 0 saturated carbocycles. The normalized spacial score (nSPS) is 19.2. The topological polar surface area (TPSA) is 84.9 Å². The molecule has 1 aliphatic heterocycles. The van der Waals surface area contributed by atoms with Gasteiger partial charge in [0.05, 0.1) is 18.9 Å². The first-order valence-corrected chi connectivity index (χ1v) is 9.18. The zero-order valence-electron chi connectivity index (χ0n) is 16.7. The van der Waals surface area contributed by atoms with E-state index in [-0.39, 0.29) is 24.8 Å². The van der Waals surface area contributed by atoms with E-state index in [1.165, 1.54) is 24.1 Å². The summed E-state index contributed by atoms with van der Waals surface area (Å²) in [5.74, 6) is -2.65. The van der Waals surface area contributed by atoms with Crippen LogP contribution in [-0.2, 0) is 25.5 Å². The van der Waals surface area contributed by atoms with Crippen molar-refractivity contribution in [3.63, 3.8) is 0 Å². The molecule has 2 amide bonds. The van der Waals surface area contributed by atoms with Gasteiger partial charge in [-0.25, -0.2) is 9.18 Å². The number of halogens is 1. The van der Waals surface area contributed by atoms with Crippen molar-refractivity contribution in [2.24, 2.45) is 11.8 Å². The second-order valence-electron chi connectivity index (χ2n) is 7.79. The molecular weight excluding hydrogens is 367 g/mol. The molecule has 1 aromatic rings. The highest BCUT2D eigenvalue weighted by Gasteiger charge is 2.45. The van der Waals surface area contributed by atoms with Crippen molar-refractivity contribution < 1.29 is 28.2 Å². The number of hydrogen-bond acceptors (Lipinski definition) is 5. The van der Waals surface area contributed by atoms with Crippen LogP contribution in [0.4, 0.5) is 9.18 Å². The number of esters is 1. The SMILES string of the molecule is COC(=O)[C@@H]1CN(C(=O)OC(C)(C)C)C[C@H]1C(=O)NCCc1ccc(F)cc1. The van der Waals surface area contributed by atoms with E-state index in [0.29, 0.717) is 13.0 Å². The second-order valence-corrected chi connectivity index (χ2v) is 7.79.